The maximum absolute atomic E-state index is 13.7. The maximum atomic E-state index is 13.7. The van der Waals surface area contributed by atoms with Crippen molar-refractivity contribution in [3.63, 3.8) is 0 Å². The molecule has 3 N–H and O–H groups in total. The first-order valence-corrected chi connectivity index (χ1v) is 6.11. The third kappa shape index (κ3) is 2.91. The molecule has 0 saturated carbocycles. The predicted molar refractivity (Wildman–Crippen MR) is 75.3 cm³/mol. The maximum Gasteiger partial charge on any atom is 0.147 e. The minimum atomic E-state index is -0.595. The van der Waals surface area contributed by atoms with Gasteiger partial charge in [-0.3, -0.25) is 0 Å². The highest BCUT2D eigenvalue weighted by molar-refractivity contribution is 6.39. The van der Waals surface area contributed by atoms with Gasteiger partial charge in [0.2, 0.25) is 0 Å². The summed E-state index contributed by atoms with van der Waals surface area (Å²) in [5.41, 5.74) is 6.40. The number of nitrogen functional groups attached to an aromatic ring is 1. The second kappa shape index (κ2) is 5.23. The Morgan fingerprint density at radius 3 is 2.16 bits per heavy atom. The van der Waals surface area contributed by atoms with Crippen LogP contribution in [0, 0.1) is 18.6 Å². The van der Waals surface area contributed by atoms with Gasteiger partial charge in [-0.05, 0) is 30.7 Å². The third-order valence-electron chi connectivity index (χ3n) is 2.57. The normalized spacial score (nSPS) is 10.6. The Hall–Kier alpha value is -1.52. The van der Waals surface area contributed by atoms with Crippen molar-refractivity contribution < 1.29 is 8.78 Å². The van der Waals surface area contributed by atoms with E-state index in [2.05, 4.69) is 5.32 Å². The Morgan fingerprint density at radius 2 is 1.58 bits per heavy atom. The number of hydrogen-bond donors (Lipinski definition) is 2. The highest BCUT2D eigenvalue weighted by atomic mass is 35.5. The summed E-state index contributed by atoms with van der Waals surface area (Å²) in [5.74, 6) is -1.12. The number of hydrogen-bond acceptors (Lipinski definition) is 2. The summed E-state index contributed by atoms with van der Waals surface area (Å²) in [6.07, 6.45) is 0. The minimum Gasteiger partial charge on any atom is -0.399 e. The molecule has 0 aliphatic rings. The lowest BCUT2D eigenvalue weighted by Crippen LogP contribution is -1.99. The summed E-state index contributed by atoms with van der Waals surface area (Å²) in [7, 11) is 0. The van der Waals surface area contributed by atoms with Crippen molar-refractivity contribution >= 4 is 40.3 Å². The van der Waals surface area contributed by atoms with E-state index in [0.717, 1.165) is 12.1 Å². The highest BCUT2D eigenvalue weighted by Gasteiger charge is 2.12. The van der Waals surface area contributed by atoms with Crippen LogP contribution in [0.25, 0.3) is 0 Å². The molecule has 0 saturated heterocycles. The molecule has 2 aromatic rings. The monoisotopic (exact) mass is 302 g/mol. The van der Waals surface area contributed by atoms with Gasteiger partial charge in [-0.15, -0.1) is 0 Å². The van der Waals surface area contributed by atoms with Gasteiger partial charge in [-0.1, -0.05) is 23.2 Å². The van der Waals surface area contributed by atoms with Gasteiger partial charge in [-0.25, -0.2) is 8.78 Å². The van der Waals surface area contributed by atoms with Gasteiger partial charge in [0.05, 0.1) is 21.4 Å². The standard InChI is InChI=1S/C13H10Cl2F2N2/c1-6-2-11(17)12(5-10(6)16)19-13-8(14)3-7(18)4-9(13)15/h2-5,19H,18H2,1H3. The van der Waals surface area contributed by atoms with Crippen LogP contribution in [0.4, 0.5) is 25.8 Å². The number of rotatable bonds is 2. The molecular weight excluding hydrogens is 293 g/mol. The van der Waals surface area contributed by atoms with Gasteiger partial charge in [0.1, 0.15) is 11.6 Å². The number of aryl methyl sites for hydroxylation is 1. The zero-order chi connectivity index (χ0) is 14.2. The molecule has 0 spiro atoms. The van der Waals surface area contributed by atoms with Crippen LogP contribution in [0.2, 0.25) is 10.0 Å². The summed E-state index contributed by atoms with van der Waals surface area (Å²) >= 11 is 11.9. The molecule has 0 atom stereocenters. The van der Waals surface area contributed by atoms with Gasteiger partial charge in [0.25, 0.3) is 0 Å². The van der Waals surface area contributed by atoms with Crippen LogP contribution >= 0.6 is 23.2 Å². The molecule has 0 fully saturated rings. The van der Waals surface area contributed by atoms with E-state index in [0.29, 0.717) is 5.69 Å². The van der Waals surface area contributed by atoms with Crippen LogP contribution in [0.15, 0.2) is 24.3 Å². The van der Waals surface area contributed by atoms with Gasteiger partial charge < -0.3 is 11.1 Å². The van der Waals surface area contributed by atoms with Gasteiger partial charge >= 0.3 is 0 Å². The van der Waals surface area contributed by atoms with Crippen LogP contribution in [-0.4, -0.2) is 0 Å². The topological polar surface area (TPSA) is 38.0 Å². The molecule has 2 nitrogen and oxygen atoms in total. The Balaban J connectivity index is 2.45. The molecule has 2 rings (SSSR count). The van der Waals surface area contributed by atoms with Crippen LogP contribution in [0.5, 0.6) is 0 Å². The molecule has 19 heavy (non-hydrogen) atoms. The van der Waals surface area contributed by atoms with Crippen molar-refractivity contribution in [2.24, 2.45) is 0 Å². The molecular formula is C13H10Cl2F2N2. The first-order chi connectivity index (χ1) is 8.88. The zero-order valence-electron chi connectivity index (χ0n) is 9.90. The largest absolute Gasteiger partial charge is 0.399 e. The molecule has 0 aromatic heterocycles. The fourth-order valence-corrected chi connectivity index (χ4v) is 2.19. The van der Waals surface area contributed by atoms with E-state index in [1.54, 1.807) is 0 Å². The van der Waals surface area contributed by atoms with E-state index in [9.17, 15) is 8.78 Å². The van der Waals surface area contributed by atoms with Crippen LogP contribution in [0.1, 0.15) is 5.56 Å². The van der Waals surface area contributed by atoms with E-state index in [-0.39, 0.29) is 27.0 Å². The van der Waals surface area contributed by atoms with Crippen molar-refractivity contribution in [1.82, 2.24) is 0 Å². The molecule has 0 aliphatic carbocycles. The second-order valence-electron chi connectivity index (χ2n) is 4.07. The Labute approximate surface area is 119 Å². The molecule has 0 unspecified atom stereocenters. The Bertz CT molecular complexity index is 622. The van der Waals surface area contributed by atoms with Gasteiger partial charge in [-0.2, -0.15) is 0 Å². The summed E-state index contributed by atoms with van der Waals surface area (Å²) in [5, 5.41) is 3.12. The lowest BCUT2D eigenvalue weighted by molar-refractivity contribution is 0.595. The van der Waals surface area contributed by atoms with E-state index in [1.165, 1.54) is 19.1 Å². The lowest BCUT2D eigenvalue weighted by Gasteiger charge is -2.12. The lowest BCUT2D eigenvalue weighted by atomic mass is 10.2. The van der Waals surface area contributed by atoms with Crippen LogP contribution < -0.4 is 11.1 Å². The SMILES string of the molecule is Cc1cc(F)c(Nc2c(Cl)cc(N)cc2Cl)cc1F. The number of nitrogens with one attached hydrogen (secondary N) is 1. The van der Waals surface area contributed by atoms with Gasteiger partial charge in [0.15, 0.2) is 0 Å². The molecule has 2 aromatic carbocycles. The van der Waals surface area contributed by atoms with Crippen molar-refractivity contribution in [1.29, 1.82) is 0 Å². The van der Waals surface area contributed by atoms with E-state index in [1.807, 2.05) is 0 Å². The summed E-state index contributed by atoms with van der Waals surface area (Å²) in [4.78, 5) is 0. The van der Waals surface area contributed by atoms with E-state index >= 15 is 0 Å². The molecule has 0 bridgehead atoms. The average Bonchev–Trinajstić information content (AvgIpc) is 2.29. The number of anilines is 3. The number of halogens is 4. The average molecular weight is 303 g/mol. The fourth-order valence-electron chi connectivity index (χ4n) is 1.59. The smallest absolute Gasteiger partial charge is 0.147 e. The molecule has 0 aliphatic heterocycles. The zero-order valence-corrected chi connectivity index (χ0v) is 11.4. The Morgan fingerprint density at radius 1 is 1.00 bits per heavy atom. The highest BCUT2D eigenvalue weighted by Crippen LogP contribution is 2.35. The van der Waals surface area contributed by atoms with E-state index < -0.39 is 11.6 Å². The van der Waals surface area contributed by atoms with Crippen molar-refractivity contribution in [2.75, 3.05) is 11.1 Å². The molecule has 0 heterocycles. The van der Waals surface area contributed by atoms with Crippen molar-refractivity contribution in [3.05, 3.63) is 51.5 Å². The number of benzene rings is 2. The van der Waals surface area contributed by atoms with Crippen molar-refractivity contribution in [3.8, 4) is 0 Å². The fraction of sp³-hybridized carbons (Fsp3) is 0.0769. The minimum absolute atomic E-state index is 0.0447. The summed E-state index contributed by atoms with van der Waals surface area (Å²) < 4.78 is 27.2. The third-order valence-corrected chi connectivity index (χ3v) is 3.17. The summed E-state index contributed by atoms with van der Waals surface area (Å²) in [6.45, 7) is 1.48. The quantitative estimate of drug-likeness (QED) is 0.774. The van der Waals surface area contributed by atoms with Crippen LogP contribution in [-0.2, 0) is 0 Å². The molecule has 0 amide bonds. The van der Waals surface area contributed by atoms with Crippen molar-refractivity contribution in [2.45, 2.75) is 6.92 Å². The van der Waals surface area contributed by atoms with Gasteiger partial charge in [0, 0.05) is 11.8 Å². The van der Waals surface area contributed by atoms with E-state index in [4.69, 9.17) is 28.9 Å². The predicted octanol–water partition coefficient (Wildman–Crippen LogP) is 4.91. The molecule has 100 valence electrons. The number of nitrogens with two attached hydrogens (primary N) is 1. The van der Waals surface area contributed by atoms with Crippen LogP contribution in [0.3, 0.4) is 0 Å². The molecule has 6 heteroatoms. The molecule has 0 radical (unpaired) electrons. The first-order valence-electron chi connectivity index (χ1n) is 5.35. The summed E-state index contributed by atoms with van der Waals surface area (Å²) in [6, 6.07) is 5.08. The Kier molecular flexibility index (Phi) is 3.83. The second-order valence-corrected chi connectivity index (χ2v) is 4.88. The first kappa shape index (κ1) is 13.9.